The van der Waals surface area contributed by atoms with E-state index >= 15 is 0 Å². The molecule has 1 aromatic heterocycles. The van der Waals surface area contributed by atoms with Crippen molar-refractivity contribution < 1.29 is 9.84 Å². The minimum atomic E-state index is -0.621. The van der Waals surface area contributed by atoms with E-state index in [9.17, 15) is 5.11 Å². The van der Waals surface area contributed by atoms with Gasteiger partial charge < -0.3 is 20.5 Å². The Bertz CT molecular complexity index is 638. The number of thiophene rings is 1. The number of ether oxygens (including phenoxy) is 1. The number of hydrogen-bond donors (Lipinski definition) is 3. The van der Waals surface area contributed by atoms with E-state index in [1.165, 1.54) is 4.88 Å². The number of hydrogen-bond acceptors (Lipinski definition) is 4. The Morgan fingerprint density at radius 2 is 1.96 bits per heavy atom. The summed E-state index contributed by atoms with van der Waals surface area (Å²) < 4.78 is 5.56. The number of benzene rings is 1. The van der Waals surface area contributed by atoms with Crippen LogP contribution in [0.15, 0.2) is 52.8 Å². The van der Waals surface area contributed by atoms with Gasteiger partial charge in [-0.25, -0.2) is 0 Å². The second-order valence-electron chi connectivity index (χ2n) is 6.17. The quantitative estimate of drug-likeness (QED) is 0.264. The minimum absolute atomic E-state index is 0. The summed E-state index contributed by atoms with van der Waals surface area (Å²) >= 11 is 1.76. The highest BCUT2D eigenvalue weighted by atomic mass is 127. The molecule has 1 heterocycles. The highest BCUT2D eigenvalue weighted by Crippen LogP contribution is 2.19. The second-order valence-corrected chi connectivity index (χ2v) is 7.15. The third-order valence-electron chi connectivity index (χ3n) is 3.83. The maximum atomic E-state index is 10.1. The van der Waals surface area contributed by atoms with Crippen LogP contribution < -0.4 is 10.6 Å². The van der Waals surface area contributed by atoms with Crippen molar-refractivity contribution in [3.63, 3.8) is 0 Å². The maximum Gasteiger partial charge on any atom is 0.191 e. The largest absolute Gasteiger partial charge is 0.389 e. The maximum absolute atomic E-state index is 10.1. The fourth-order valence-corrected chi connectivity index (χ4v) is 3.19. The van der Waals surface area contributed by atoms with Gasteiger partial charge in [0, 0.05) is 23.9 Å². The van der Waals surface area contributed by atoms with E-state index in [0.29, 0.717) is 19.1 Å². The van der Waals surface area contributed by atoms with E-state index in [1.54, 1.807) is 11.3 Å². The molecular formula is C20H30IN3O2S. The van der Waals surface area contributed by atoms with Crippen molar-refractivity contribution in [3.05, 3.63) is 58.3 Å². The summed E-state index contributed by atoms with van der Waals surface area (Å²) in [6.07, 6.45) is -0.621. The van der Waals surface area contributed by atoms with Gasteiger partial charge in [0.2, 0.25) is 0 Å². The molecule has 1 aromatic carbocycles. The third kappa shape index (κ3) is 9.55. The van der Waals surface area contributed by atoms with E-state index in [0.717, 1.165) is 24.6 Å². The molecule has 0 fully saturated rings. The van der Waals surface area contributed by atoms with Gasteiger partial charge in [0.05, 0.1) is 25.9 Å². The summed E-state index contributed by atoms with van der Waals surface area (Å²) in [5.41, 5.74) is 1.10. The van der Waals surface area contributed by atoms with Gasteiger partial charge >= 0.3 is 0 Å². The highest BCUT2D eigenvalue weighted by molar-refractivity contribution is 14.0. The topological polar surface area (TPSA) is 65.9 Å². The highest BCUT2D eigenvalue weighted by Gasteiger charge is 2.09. The first-order valence-electron chi connectivity index (χ1n) is 9.04. The molecule has 7 heteroatoms. The van der Waals surface area contributed by atoms with Crippen molar-refractivity contribution in [2.75, 3.05) is 26.2 Å². The lowest BCUT2D eigenvalue weighted by molar-refractivity contribution is 0.0331. The van der Waals surface area contributed by atoms with Crippen LogP contribution in [0.4, 0.5) is 0 Å². The van der Waals surface area contributed by atoms with Gasteiger partial charge in [0.1, 0.15) is 0 Å². The molecule has 0 aliphatic rings. The zero-order chi connectivity index (χ0) is 18.6. The van der Waals surface area contributed by atoms with E-state index in [4.69, 9.17) is 4.74 Å². The first-order chi connectivity index (χ1) is 12.7. The first kappa shape index (κ1) is 23.9. The summed E-state index contributed by atoms with van der Waals surface area (Å²) in [6.45, 7) is 6.86. The van der Waals surface area contributed by atoms with Crippen LogP contribution in [0.5, 0.6) is 0 Å². The monoisotopic (exact) mass is 503 g/mol. The number of aliphatic hydroxyl groups excluding tert-OH is 1. The van der Waals surface area contributed by atoms with Crippen molar-refractivity contribution in [2.45, 2.75) is 32.5 Å². The van der Waals surface area contributed by atoms with Crippen LogP contribution >= 0.6 is 35.3 Å². The molecule has 2 rings (SSSR count). The van der Waals surface area contributed by atoms with E-state index in [2.05, 4.69) is 40.1 Å². The first-order valence-corrected chi connectivity index (χ1v) is 9.92. The number of nitrogens with one attached hydrogen (secondary N) is 2. The average molecular weight is 503 g/mol. The lowest BCUT2D eigenvalue weighted by Crippen LogP contribution is -2.39. The number of guanidine groups is 1. The van der Waals surface area contributed by atoms with Crippen molar-refractivity contribution in [2.24, 2.45) is 4.99 Å². The predicted molar refractivity (Wildman–Crippen MR) is 124 cm³/mol. The Kier molecular flexibility index (Phi) is 12.3. The van der Waals surface area contributed by atoms with Crippen LogP contribution in [-0.4, -0.2) is 43.4 Å². The zero-order valence-electron chi connectivity index (χ0n) is 15.9. The van der Waals surface area contributed by atoms with Crippen molar-refractivity contribution in [1.82, 2.24) is 10.6 Å². The molecule has 0 aliphatic carbocycles. The summed E-state index contributed by atoms with van der Waals surface area (Å²) in [5, 5.41) is 18.7. The molecule has 27 heavy (non-hydrogen) atoms. The zero-order valence-corrected chi connectivity index (χ0v) is 19.1. The van der Waals surface area contributed by atoms with Gasteiger partial charge in [-0.05, 0) is 23.9 Å². The molecule has 2 aromatic rings. The molecular weight excluding hydrogens is 473 g/mol. The van der Waals surface area contributed by atoms with Crippen molar-refractivity contribution in [3.8, 4) is 0 Å². The number of nitrogens with zero attached hydrogens (tertiary/aromatic N) is 1. The molecule has 150 valence electrons. The van der Waals surface area contributed by atoms with Crippen molar-refractivity contribution in [1.29, 1.82) is 0 Å². The van der Waals surface area contributed by atoms with Crippen LogP contribution in [0, 0.1) is 0 Å². The SMILES string of the molecule is CCNC(=NCC(O)COCc1ccccc1)NCC(C)c1cccs1.I. The van der Waals surface area contributed by atoms with E-state index in [-0.39, 0.29) is 30.6 Å². The standard InChI is InChI=1S/C20H29N3O2S.HI/c1-3-21-20(22-12-16(2)19-10-7-11-26-19)23-13-18(24)15-25-14-17-8-5-4-6-9-17;/h4-11,16,18,24H,3,12-15H2,1-2H3,(H2,21,22,23);1H. The number of halogens is 1. The van der Waals surface area contributed by atoms with Gasteiger partial charge in [-0.1, -0.05) is 43.3 Å². The van der Waals surface area contributed by atoms with Crippen LogP contribution in [0.2, 0.25) is 0 Å². The van der Waals surface area contributed by atoms with Crippen LogP contribution in [0.1, 0.15) is 30.2 Å². The fourth-order valence-electron chi connectivity index (χ4n) is 2.40. The molecule has 0 spiro atoms. The minimum Gasteiger partial charge on any atom is -0.389 e. The number of aliphatic hydroxyl groups is 1. The average Bonchev–Trinajstić information content (AvgIpc) is 3.19. The van der Waals surface area contributed by atoms with Gasteiger partial charge in [0.15, 0.2) is 5.96 Å². The summed E-state index contributed by atoms with van der Waals surface area (Å²) in [5.74, 6) is 1.14. The predicted octanol–water partition coefficient (Wildman–Crippen LogP) is 3.60. The molecule has 0 bridgehead atoms. The smallest absolute Gasteiger partial charge is 0.191 e. The van der Waals surface area contributed by atoms with E-state index < -0.39 is 6.10 Å². The Labute approximate surface area is 183 Å². The van der Waals surface area contributed by atoms with E-state index in [1.807, 2.05) is 37.3 Å². The van der Waals surface area contributed by atoms with Gasteiger partial charge in [-0.2, -0.15) is 0 Å². The number of rotatable bonds is 10. The van der Waals surface area contributed by atoms with Crippen LogP contribution in [0.25, 0.3) is 0 Å². The molecule has 0 saturated heterocycles. The molecule has 0 aliphatic heterocycles. The third-order valence-corrected chi connectivity index (χ3v) is 4.93. The Morgan fingerprint density at radius 1 is 1.19 bits per heavy atom. The molecule has 5 nitrogen and oxygen atoms in total. The summed E-state index contributed by atoms with van der Waals surface area (Å²) in [7, 11) is 0. The number of aliphatic imine (C=N–C) groups is 1. The Balaban J connectivity index is 0.00000364. The second kappa shape index (κ2) is 13.9. The fraction of sp³-hybridized carbons (Fsp3) is 0.450. The lowest BCUT2D eigenvalue weighted by Gasteiger charge is -2.16. The van der Waals surface area contributed by atoms with Crippen molar-refractivity contribution >= 4 is 41.3 Å². The molecule has 0 radical (unpaired) electrons. The van der Waals surface area contributed by atoms with Crippen LogP contribution in [-0.2, 0) is 11.3 Å². The molecule has 2 unspecified atom stereocenters. The van der Waals surface area contributed by atoms with Crippen LogP contribution in [0.3, 0.4) is 0 Å². The molecule has 3 N–H and O–H groups in total. The summed E-state index contributed by atoms with van der Waals surface area (Å²) in [6, 6.07) is 14.2. The Morgan fingerprint density at radius 3 is 2.63 bits per heavy atom. The van der Waals surface area contributed by atoms with Gasteiger partial charge in [-0.15, -0.1) is 35.3 Å². The molecule has 0 saturated carbocycles. The Hall–Kier alpha value is -1.16. The lowest BCUT2D eigenvalue weighted by atomic mass is 10.1. The van der Waals surface area contributed by atoms with Gasteiger partial charge in [-0.3, -0.25) is 4.99 Å². The normalized spacial score (nSPS) is 13.5. The summed E-state index contributed by atoms with van der Waals surface area (Å²) in [4.78, 5) is 5.81. The molecule has 2 atom stereocenters. The molecule has 0 amide bonds. The van der Waals surface area contributed by atoms with Gasteiger partial charge in [0.25, 0.3) is 0 Å².